The Morgan fingerprint density at radius 3 is 2.68 bits per heavy atom. The molecule has 0 aromatic heterocycles. The molecule has 1 aromatic rings. The Labute approximate surface area is 125 Å². The molecule has 2 rings (SSSR count). The van der Waals surface area contributed by atoms with E-state index in [4.69, 9.17) is 4.74 Å². The Bertz CT molecular complexity index is 421. The van der Waals surface area contributed by atoms with E-state index in [2.05, 4.69) is 54.2 Å². The highest BCUT2D eigenvalue weighted by Gasteiger charge is 2.20. The second-order valence-electron chi connectivity index (χ2n) is 6.44. The predicted octanol–water partition coefficient (Wildman–Crippen LogP) is 4.52. The zero-order chi connectivity index (χ0) is 13.9. The van der Waals surface area contributed by atoms with E-state index in [9.17, 15) is 0 Å². The van der Waals surface area contributed by atoms with Crippen LogP contribution in [0.25, 0.3) is 0 Å². The van der Waals surface area contributed by atoms with Gasteiger partial charge in [0.1, 0.15) is 5.75 Å². The van der Waals surface area contributed by atoms with Gasteiger partial charge < -0.3 is 10.1 Å². The number of hydrogen-bond acceptors (Lipinski definition) is 2. The molecule has 0 amide bonds. The monoisotopic (exact) mass is 325 g/mol. The number of benzene rings is 1. The van der Waals surface area contributed by atoms with Crippen molar-refractivity contribution in [3.63, 3.8) is 0 Å². The van der Waals surface area contributed by atoms with E-state index >= 15 is 0 Å². The molecule has 0 unspecified atom stereocenters. The molecule has 19 heavy (non-hydrogen) atoms. The maximum atomic E-state index is 5.84. The van der Waals surface area contributed by atoms with Crippen LogP contribution in [0.2, 0.25) is 0 Å². The van der Waals surface area contributed by atoms with Crippen molar-refractivity contribution in [1.29, 1.82) is 0 Å². The van der Waals surface area contributed by atoms with E-state index in [0.717, 1.165) is 29.3 Å². The van der Waals surface area contributed by atoms with Crippen molar-refractivity contribution in [2.45, 2.75) is 52.1 Å². The van der Waals surface area contributed by atoms with Gasteiger partial charge in [-0.25, -0.2) is 0 Å². The summed E-state index contributed by atoms with van der Waals surface area (Å²) in [5.41, 5.74) is 1.38. The van der Waals surface area contributed by atoms with Gasteiger partial charge in [-0.2, -0.15) is 0 Å². The maximum Gasteiger partial charge on any atom is 0.119 e. The number of nitrogens with one attached hydrogen (secondary N) is 1. The molecule has 0 atom stereocenters. The molecule has 0 spiro atoms. The van der Waals surface area contributed by atoms with Crippen LogP contribution in [-0.2, 0) is 6.54 Å². The first kappa shape index (κ1) is 14.9. The Kier molecular flexibility index (Phi) is 4.91. The van der Waals surface area contributed by atoms with Crippen LogP contribution in [-0.4, -0.2) is 12.1 Å². The normalized spacial score (nSPS) is 15.6. The fourth-order valence-corrected chi connectivity index (χ4v) is 2.27. The van der Waals surface area contributed by atoms with E-state index in [1.165, 1.54) is 24.8 Å². The zero-order valence-corrected chi connectivity index (χ0v) is 13.7. The highest BCUT2D eigenvalue weighted by Crippen LogP contribution is 2.32. The SMILES string of the molecule is CC(C)(C)NCc1cc(OCCC2CC2)ccc1Br. The highest BCUT2D eigenvalue weighted by molar-refractivity contribution is 9.10. The van der Waals surface area contributed by atoms with Gasteiger partial charge in [-0.1, -0.05) is 28.8 Å². The van der Waals surface area contributed by atoms with Gasteiger partial charge in [0.15, 0.2) is 0 Å². The van der Waals surface area contributed by atoms with Crippen LogP contribution in [0.3, 0.4) is 0 Å². The fraction of sp³-hybridized carbons (Fsp3) is 0.625. The lowest BCUT2D eigenvalue weighted by molar-refractivity contribution is 0.302. The van der Waals surface area contributed by atoms with Crippen LogP contribution in [0, 0.1) is 5.92 Å². The lowest BCUT2D eigenvalue weighted by Gasteiger charge is -2.21. The van der Waals surface area contributed by atoms with Crippen molar-refractivity contribution in [3.05, 3.63) is 28.2 Å². The lowest BCUT2D eigenvalue weighted by atomic mass is 10.1. The van der Waals surface area contributed by atoms with E-state index in [1.54, 1.807) is 0 Å². The van der Waals surface area contributed by atoms with Gasteiger partial charge in [0.2, 0.25) is 0 Å². The predicted molar refractivity (Wildman–Crippen MR) is 83.6 cm³/mol. The molecule has 1 aromatic carbocycles. The molecular weight excluding hydrogens is 302 g/mol. The summed E-state index contributed by atoms with van der Waals surface area (Å²) in [6, 6.07) is 6.25. The van der Waals surface area contributed by atoms with E-state index in [0.29, 0.717) is 0 Å². The Morgan fingerprint density at radius 2 is 2.05 bits per heavy atom. The minimum Gasteiger partial charge on any atom is -0.494 e. The molecule has 1 fully saturated rings. The standard InChI is InChI=1S/C16H24BrNO/c1-16(2,3)18-11-13-10-14(6-7-15(13)17)19-9-8-12-4-5-12/h6-7,10,12,18H,4-5,8-9,11H2,1-3H3. The first-order chi connectivity index (χ1) is 8.94. The minimum absolute atomic E-state index is 0.127. The summed E-state index contributed by atoms with van der Waals surface area (Å²) in [5.74, 6) is 1.91. The molecule has 3 heteroatoms. The summed E-state index contributed by atoms with van der Waals surface area (Å²) in [6.45, 7) is 8.23. The molecule has 1 aliphatic carbocycles. The van der Waals surface area contributed by atoms with Crippen molar-refractivity contribution < 1.29 is 4.74 Å². The third kappa shape index (κ3) is 5.53. The maximum absolute atomic E-state index is 5.84. The fourth-order valence-electron chi connectivity index (χ4n) is 1.89. The van der Waals surface area contributed by atoms with Crippen LogP contribution in [0.5, 0.6) is 5.75 Å². The van der Waals surface area contributed by atoms with Crippen molar-refractivity contribution in [3.8, 4) is 5.75 Å². The van der Waals surface area contributed by atoms with Gasteiger partial charge in [0.05, 0.1) is 6.61 Å². The van der Waals surface area contributed by atoms with Gasteiger partial charge in [-0.3, -0.25) is 0 Å². The topological polar surface area (TPSA) is 21.3 Å². The third-order valence-corrected chi connectivity index (χ3v) is 4.09. The quantitative estimate of drug-likeness (QED) is 0.830. The van der Waals surface area contributed by atoms with Gasteiger partial charge in [-0.05, 0) is 56.9 Å². The minimum atomic E-state index is 0.127. The molecule has 0 bridgehead atoms. The average molecular weight is 326 g/mol. The summed E-state index contributed by atoms with van der Waals surface area (Å²) >= 11 is 3.60. The van der Waals surface area contributed by atoms with Crippen molar-refractivity contribution in [2.24, 2.45) is 5.92 Å². The first-order valence-electron chi connectivity index (χ1n) is 7.10. The van der Waals surface area contributed by atoms with E-state index < -0.39 is 0 Å². The molecule has 0 saturated heterocycles. The summed E-state index contributed by atoms with van der Waals surface area (Å²) in [7, 11) is 0. The molecule has 1 aliphatic rings. The summed E-state index contributed by atoms with van der Waals surface area (Å²) in [5, 5.41) is 3.50. The number of halogens is 1. The largest absolute Gasteiger partial charge is 0.494 e. The van der Waals surface area contributed by atoms with Crippen molar-refractivity contribution in [1.82, 2.24) is 5.32 Å². The number of rotatable bonds is 6. The van der Waals surface area contributed by atoms with Gasteiger partial charge >= 0.3 is 0 Å². The third-order valence-electron chi connectivity index (χ3n) is 3.32. The van der Waals surface area contributed by atoms with Crippen LogP contribution >= 0.6 is 15.9 Å². The molecule has 1 saturated carbocycles. The molecule has 1 N–H and O–H groups in total. The average Bonchev–Trinajstić information content (AvgIpc) is 3.12. The van der Waals surface area contributed by atoms with Crippen LogP contribution in [0.4, 0.5) is 0 Å². The zero-order valence-electron chi connectivity index (χ0n) is 12.1. The summed E-state index contributed by atoms with van der Waals surface area (Å²) in [6.07, 6.45) is 3.99. The highest BCUT2D eigenvalue weighted by atomic mass is 79.9. The summed E-state index contributed by atoms with van der Waals surface area (Å²) in [4.78, 5) is 0. The second kappa shape index (κ2) is 6.27. The number of hydrogen-bond donors (Lipinski definition) is 1. The first-order valence-corrected chi connectivity index (χ1v) is 7.89. The molecule has 0 aliphatic heterocycles. The van der Waals surface area contributed by atoms with Crippen LogP contribution in [0.15, 0.2) is 22.7 Å². The van der Waals surface area contributed by atoms with Gasteiger partial charge in [0.25, 0.3) is 0 Å². The Morgan fingerprint density at radius 1 is 1.32 bits per heavy atom. The van der Waals surface area contributed by atoms with Crippen LogP contribution in [0.1, 0.15) is 45.6 Å². The molecule has 2 nitrogen and oxygen atoms in total. The van der Waals surface area contributed by atoms with E-state index in [1.807, 2.05) is 6.07 Å². The molecular formula is C16H24BrNO. The van der Waals surface area contributed by atoms with E-state index in [-0.39, 0.29) is 5.54 Å². The second-order valence-corrected chi connectivity index (χ2v) is 7.29. The van der Waals surface area contributed by atoms with Crippen LogP contribution < -0.4 is 10.1 Å². The Hall–Kier alpha value is -0.540. The van der Waals surface area contributed by atoms with Crippen molar-refractivity contribution in [2.75, 3.05) is 6.61 Å². The Balaban J connectivity index is 1.89. The molecule has 0 heterocycles. The summed E-state index contributed by atoms with van der Waals surface area (Å²) < 4.78 is 6.97. The smallest absolute Gasteiger partial charge is 0.119 e. The molecule has 0 radical (unpaired) electrons. The number of ether oxygens (including phenoxy) is 1. The lowest BCUT2D eigenvalue weighted by Crippen LogP contribution is -2.35. The van der Waals surface area contributed by atoms with Gasteiger partial charge in [-0.15, -0.1) is 0 Å². The van der Waals surface area contributed by atoms with Crippen molar-refractivity contribution >= 4 is 15.9 Å². The van der Waals surface area contributed by atoms with Gasteiger partial charge in [0, 0.05) is 16.6 Å². The molecule has 106 valence electrons.